The summed E-state index contributed by atoms with van der Waals surface area (Å²) in [5, 5.41) is 0. The van der Waals surface area contributed by atoms with Gasteiger partial charge < -0.3 is 14.2 Å². The van der Waals surface area contributed by atoms with E-state index in [1.165, 1.54) is 103 Å². The first-order valence-electron chi connectivity index (χ1n) is 24.5. The molecule has 0 spiro atoms. The minimum Gasteiger partial charge on any atom is -0.462 e. The summed E-state index contributed by atoms with van der Waals surface area (Å²) in [5.74, 6) is -1.01. The molecule has 1 unspecified atom stereocenters. The zero-order valence-corrected chi connectivity index (χ0v) is 38.5. The second kappa shape index (κ2) is 47.5. The molecule has 0 aromatic heterocycles. The fourth-order valence-corrected chi connectivity index (χ4v) is 6.55. The van der Waals surface area contributed by atoms with Crippen LogP contribution in [-0.2, 0) is 28.6 Å². The minimum absolute atomic E-state index is 0.109. The molecule has 0 rings (SSSR count). The predicted octanol–water partition coefficient (Wildman–Crippen LogP) is 15.9. The Kier molecular flexibility index (Phi) is 45.0. The molecule has 0 heterocycles. The van der Waals surface area contributed by atoms with Gasteiger partial charge in [0, 0.05) is 19.3 Å². The highest BCUT2D eigenvalue weighted by Gasteiger charge is 2.19. The quantitative estimate of drug-likeness (QED) is 0.0200. The number of rotatable bonds is 43. The van der Waals surface area contributed by atoms with Crippen molar-refractivity contribution in [1.82, 2.24) is 0 Å². The van der Waals surface area contributed by atoms with Gasteiger partial charge in [-0.05, 0) is 83.5 Å². The first-order valence-corrected chi connectivity index (χ1v) is 24.5. The van der Waals surface area contributed by atoms with Gasteiger partial charge in [-0.2, -0.15) is 0 Å². The van der Waals surface area contributed by atoms with Crippen LogP contribution in [0.5, 0.6) is 0 Å². The normalized spacial score (nSPS) is 12.7. The van der Waals surface area contributed by atoms with E-state index in [-0.39, 0.29) is 37.5 Å². The topological polar surface area (TPSA) is 78.9 Å². The summed E-state index contributed by atoms with van der Waals surface area (Å²) in [6.45, 7) is 6.41. The van der Waals surface area contributed by atoms with E-state index in [4.69, 9.17) is 14.2 Å². The van der Waals surface area contributed by atoms with E-state index in [0.29, 0.717) is 19.3 Å². The van der Waals surface area contributed by atoms with Crippen molar-refractivity contribution >= 4 is 17.9 Å². The number of ether oxygens (including phenoxy) is 3. The summed E-state index contributed by atoms with van der Waals surface area (Å²) >= 11 is 0. The first kappa shape index (κ1) is 55.9. The molecule has 0 fully saturated rings. The van der Waals surface area contributed by atoms with Gasteiger partial charge in [0.1, 0.15) is 13.2 Å². The summed E-state index contributed by atoms with van der Waals surface area (Å²) in [4.78, 5) is 37.8. The molecule has 338 valence electrons. The summed E-state index contributed by atoms with van der Waals surface area (Å²) in [6, 6.07) is 0. The molecule has 6 nitrogen and oxygen atoms in total. The Bertz CT molecular complexity index is 1130. The number of unbranched alkanes of at least 4 members (excludes halogenated alkanes) is 22. The molecular weight excluding hydrogens is 733 g/mol. The average molecular weight is 823 g/mol. The van der Waals surface area contributed by atoms with Gasteiger partial charge in [0.15, 0.2) is 6.10 Å². The third-order valence-electron chi connectivity index (χ3n) is 10.2. The van der Waals surface area contributed by atoms with Crippen LogP contribution in [0.1, 0.15) is 226 Å². The van der Waals surface area contributed by atoms with E-state index >= 15 is 0 Å². The lowest BCUT2D eigenvalue weighted by atomic mass is 10.1. The van der Waals surface area contributed by atoms with Crippen LogP contribution >= 0.6 is 0 Å². The van der Waals surface area contributed by atoms with Crippen LogP contribution in [-0.4, -0.2) is 37.2 Å². The fraction of sp³-hybridized carbons (Fsp3) is 0.717. The van der Waals surface area contributed by atoms with Crippen molar-refractivity contribution in [3.05, 3.63) is 72.9 Å². The summed E-state index contributed by atoms with van der Waals surface area (Å²) in [6.07, 6.45) is 58.9. The van der Waals surface area contributed by atoms with Gasteiger partial charge in [0.05, 0.1) is 0 Å². The lowest BCUT2D eigenvalue weighted by molar-refractivity contribution is -0.166. The minimum atomic E-state index is -0.815. The molecule has 0 radical (unpaired) electrons. The maximum Gasteiger partial charge on any atom is 0.306 e. The largest absolute Gasteiger partial charge is 0.462 e. The van der Waals surface area contributed by atoms with Gasteiger partial charge in [0.2, 0.25) is 0 Å². The molecular formula is C53H90O6. The van der Waals surface area contributed by atoms with Crippen LogP contribution in [0.25, 0.3) is 0 Å². The zero-order chi connectivity index (χ0) is 43.0. The predicted molar refractivity (Wildman–Crippen MR) is 251 cm³/mol. The molecule has 0 aliphatic rings. The van der Waals surface area contributed by atoms with Gasteiger partial charge >= 0.3 is 17.9 Å². The van der Waals surface area contributed by atoms with Crippen LogP contribution in [0.15, 0.2) is 72.9 Å². The number of esters is 3. The van der Waals surface area contributed by atoms with Crippen LogP contribution in [0.3, 0.4) is 0 Å². The highest BCUT2D eigenvalue weighted by molar-refractivity contribution is 5.71. The summed E-state index contributed by atoms with van der Waals surface area (Å²) < 4.78 is 16.7. The van der Waals surface area contributed by atoms with Gasteiger partial charge in [-0.25, -0.2) is 0 Å². The third kappa shape index (κ3) is 45.8. The lowest BCUT2D eigenvalue weighted by Crippen LogP contribution is -2.30. The van der Waals surface area contributed by atoms with E-state index in [2.05, 4.69) is 87.6 Å². The summed E-state index contributed by atoms with van der Waals surface area (Å²) in [7, 11) is 0. The van der Waals surface area contributed by atoms with E-state index < -0.39 is 6.10 Å². The Hall–Kier alpha value is -3.15. The molecule has 0 amide bonds. The number of hydrogen-bond donors (Lipinski definition) is 0. The van der Waals surface area contributed by atoms with Crippen molar-refractivity contribution in [2.45, 2.75) is 232 Å². The zero-order valence-electron chi connectivity index (χ0n) is 38.5. The van der Waals surface area contributed by atoms with Crippen LogP contribution in [0, 0.1) is 0 Å². The third-order valence-corrected chi connectivity index (χ3v) is 10.2. The maximum atomic E-state index is 12.7. The number of allylic oxidation sites excluding steroid dienone is 12. The average Bonchev–Trinajstić information content (AvgIpc) is 3.23. The molecule has 0 aliphatic heterocycles. The lowest BCUT2D eigenvalue weighted by Gasteiger charge is -2.18. The van der Waals surface area contributed by atoms with Crippen molar-refractivity contribution < 1.29 is 28.6 Å². The second-order valence-electron chi connectivity index (χ2n) is 16.0. The van der Waals surface area contributed by atoms with Crippen molar-refractivity contribution in [3.8, 4) is 0 Å². The van der Waals surface area contributed by atoms with Crippen molar-refractivity contribution in [3.63, 3.8) is 0 Å². The molecule has 1 atom stereocenters. The number of carbonyl (C=O) groups is 3. The fourth-order valence-electron chi connectivity index (χ4n) is 6.55. The Balaban J connectivity index is 4.49. The Morgan fingerprint density at radius 1 is 0.373 bits per heavy atom. The molecule has 59 heavy (non-hydrogen) atoms. The number of hydrogen-bond acceptors (Lipinski definition) is 6. The molecule has 0 saturated heterocycles. The Morgan fingerprint density at radius 3 is 1.25 bits per heavy atom. The van der Waals surface area contributed by atoms with E-state index in [9.17, 15) is 14.4 Å². The van der Waals surface area contributed by atoms with Gasteiger partial charge in [-0.1, -0.05) is 196 Å². The second-order valence-corrected chi connectivity index (χ2v) is 16.0. The number of carbonyl (C=O) groups excluding carboxylic acids is 3. The molecule has 0 saturated carbocycles. The van der Waals surface area contributed by atoms with Gasteiger partial charge in [0.25, 0.3) is 0 Å². The molecule has 0 bridgehead atoms. The van der Waals surface area contributed by atoms with Crippen molar-refractivity contribution in [1.29, 1.82) is 0 Å². The maximum absolute atomic E-state index is 12.7. The van der Waals surface area contributed by atoms with Gasteiger partial charge in [-0.3, -0.25) is 14.4 Å². The molecule has 0 aliphatic carbocycles. The molecule has 6 heteroatoms. The van der Waals surface area contributed by atoms with Crippen LogP contribution in [0.4, 0.5) is 0 Å². The van der Waals surface area contributed by atoms with E-state index in [1.807, 2.05) is 6.08 Å². The summed E-state index contributed by atoms with van der Waals surface area (Å²) in [5.41, 5.74) is 0. The molecule has 0 aromatic rings. The first-order chi connectivity index (χ1) is 29.0. The van der Waals surface area contributed by atoms with Crippen molar-refractivity contribution in [2.75, 3.05) is 13.2 Å². The Labute approximate surface area is 363 Å². The highest BCUT2D eigenvalue weighted by atomic mass is 16.6. The standard InChI is InChI=1S/C53H90O6/c1-4-7-10-13-16-19-22-25-26-29-31-34-37-40-43-46-52(55)58-49-50(59-53(56)47-44-41-38-35-32-28-24-21-18-15-12-9-6-3)48-57-51(54)45-42-39-36-33-30-27-23-20-17-14-11-8-5-2/h7,10,13,16,19,22,27-28,30,32,38,41,50H,4-6,8-9,11-12,14-15,17-18,20-21,23-26,29,31,33-37,39-40,42-49H2,1-3H3/b10-7-,16-13-,22-19-,30-27-,32-28-,41-38-. The SMILES string of the molecule is CC\C=C/C=C\C=C/CCCCCCCCCC(=O)OCC(COC(=O)CCCCC/C=C\CCCCCCCC)OC(=O)CC/C=C\C/C=C\CCCCCCCC. The highest BCUT2D eigenvalue weighted by Crippen LogP contribution is 2.13. The van der Waals surface area contributed by atoms with Crippen LogP contribution in [0.2, 0.25) is 0 Å². The monoisotopic (exact) mass is 823 g/mol. The van der Waals surface area contributed by atoms with Crippen molar-refractivity contribution in [2.24, 2.45) is 0 Å². The van der Waals surface area contributed by atoms with Gasteiger partial charge in [-0.15, -0.1) is 0 Å². The molecule has 0 N–H and O–H groups in total. The Morgan fingerprint density at radius 2 is 0.763 bits per heavy atom. The van der Waals surface area contributed by atoms with E-state index in [0.717, 1.165) is 77.0 Å². The van der Waals surface area contributed by atoms with Crippen LogP contribution < -0.4 is 0 Å². The molecule has 0 aromatic carbocycles. The van der Waals surface area contributed by atoms with E-state index in [1.54, 1.807) is 0 Å². The smallest absolute Gasteiger partial charge is 0.306 e.